The SMILES string of the molecule is [NH3+]NC(=S)N1CC2CCCCC2C1. The Hall–Kier alpha value is -0.350. The van der Waals surface area contributed by atoms with E-state index in [0.29, 0.717) is 0 Å². The van der Waals surface area contributed by atoms with E-state index in [0.717, 1.165) is 30.0 Å². The number of fused-ring (bicyclic) bond motifs is 1. The topological polar surface area (TPSA) is 42.9 Å². The lowest BCUT2D eigenvalue weighted by Gasteiger charge is -2.22. The van der Waals surface area contributed by atoms with Gasteiger partial charge in [-0.2, -0.15) is 0 Å². The molecule has 4 N–H and O–H groups in total. The molecule has 1 saturated heterocycles. The molecular formula is C9H18N3S+. The smallest absolute Gasteiger partial charge is 0.215 e. The summed E-state index contributed by atoms with van der Waals surface area (Å²) in [7, 11) is 0. The Morgan fingerprint density at radius 1 is 1.23 bits per heavy atom. The maximum absolute atomic E-state index is 5.19. The molecule has 4 heteroatoms. The Morgan fingerprint density at radius 2 is 1.77 bits per heavy atom. The molecule has 2 atom stereocenters. The molecular weight excluding hydrogens is 182 g/mol. The molecule has 1 aliphatic heterocycles. The standard InChI is InChI=1S/C9H17N3S/c10-11-9(13)12-5-7-3-1-2-4-8(7)6-12/h7-8H,1-6,10H2,(H,11,13)/p+1. The number of nitrogens with zero attached hydrogens (tertiary/aromatic N) is 1. The van der Waals surface area contributed by atoms with Crippen molar-refractivity contribution in [1.29, 1.82) is 0 Å². The monoisotopic (exact) mass is 200 g/mol. The summed E-state index contributed by atoms with van der Waals surface area (Å²) in [5, 5.41) is 0.828. The number of nitrogens with one attached hydrogen (secondary N) is 1. The van der Waals surface area contributed by atoms with E-state index in [1.54, 1.807) is 0 Å². The highest BCUT2D eigenvalue weighted by molar-refractivity contribution is 7.80. The fourth-order valence-corrected chi connectivity index (χ4v) is 2.83. The van der Waals surface area contributed by atoms with Crippen molar-refractivity contribution in [1.82, 2.24) is 10.3 Å². The summed E-state index contributed by atoms with van der Waals surface area (Å²) in [6, 6.07) is 0. The van der Waals surface area contributed by atoms with Gasteiger partial charge in [-0.05, 0) is 36.9 Å². The summed E-state index contributed by atoms with van der Waals surface area (Å²) in [6.07, 6.45) is 5.64. The number of rotatable bonds is 0. The van der Waals surface area contributed by atoms with Crippen LogP contribution in [0.3, 0.4) is 0 Å². The summed E-state index contributed by atoms with van der Waals surface area (Å²) in [5.41, 5.74) is 2.82. The molecule has 2 fully saturated rings. The van der Waals surface area contributed by atoms with Crippen LogP contribution < -0.4 is 11.3 Å². The molecule has 74 valence electrons. The minimum atomic E-state index is 0.828. The molecule has 0 radical (unpaired) electrons. The highest BCUT2D eigenvalue weighted by Crippen LogP contribution is 2.35. The van der Waals surface area contributed by atoms with E-state index in [4.69, 9.17) is 12.2 Å². The van der Waals surface area contributed by atoms with Crippen molar-refractivity contribution in [2.24, 2.45) is 11.8 Å². The second kappa shape index (κ2) is 3.80. The minimum absolute atomic E-state index is 0.828. The van der Waals surface area contributed by atoms with Crippen molar-refractivity contribution in [3.63, 3.8) is 0 Å². The molecule has 0 spiro atoms. The van der Waals surface area contributed by atoms with Crippen molar-refractivity contribution in [2.75, 3.05) is 13.1 Å². The largest absolute Gasteiger partial charge is 0.345 e. The third-order valence-electron chi connectivity index (χ3n) is 3.41. The number of thiocarbonyl (C=S) groups is 1. The van der Waals surface area contributed by atoms with Gasteiger partial charge in [0.05, 0.1) is 0 Å². The van der Waals surface area contributed by atoms with Gasteiger partial charge in [-0.3, -0.25) is 5.84 Å². The Bertz CT molecular complexity index is 193. The van der Waals surface area contributed by atoms with Crippen LogP contribution in [0.2, 0.25) is 0 Å². The van der Waals surface area contributed by atoms with E-state index in [-0.39, 0.29) is 0 Å². The number of hydrogen-bond acceptors (Lipinski definition) is 1. The second-order valence-corrected chi connectivity index (χ2v) is 4.58. The highest BCUT2D eigenvalue weighted by Gasteiger charge is 2.35. The Balaban J connectivity index is 1.94. The van der Waals surface area contributed by atoms with Crippen LogP contribution >= 0.6 is 12.2 Å². The fraction of sp³-hybridized carbons (Fsp3) is 0.889. The van der Waals surface area contributed by atoms with Crippen LogP contribution in [-0.4, -0.2) is 23.1 Å². The molecule has 2 aliphatic rings. The van der Waals surface area contributed by atoms with E-state index in [1.807, 2.05) is 0 Å². The maximum atomic E-state index is 5.19. The van der Waals surface area contributed by atoms with Gasteiger partial charge < -0.3 is 4.90 Å². The zero-order valence-electron chi connectivity index (χ0n) is 7.96. The fourth-order valence-electron chi connectivity index (χ4n) is 2.68. The molecule has 0 aromatic rings. The van der Waals surface area contributed by atoms with Gasteiger partial charge >= 0.3 is 0 Å². The van der Waals surface area contributed by atoms with Gasteiger partial charge in [0.15, 0.2) is 0 Å². The van der Waals surface area contributed by atoms with Crippen LogP contribution in [0.25, 0.3) is 0 Å². The van der Waals surface area contributed by atoms with Crippen molar-refractivity contribution < 1.29 is 5.84 Å². The maximum Gasteiger partial charge on any atom is 0.215 e. The van der Waals surface area contributed by atoms with Crippen molar-refractivity contribution in [3.05, 3.63) is 0 Å². The first kappa shape index (κ1) is 9.21. The first-order valence-electron chi connectivity index (χ1n) is 5.13. The minimum Gasteiger partial charge on any atom is -0.345 e. The van der Waals surface area contributed by atoms with Gasteiger partial charge in [-0.1, -0.05) is 12.8 Å². The summed E-state index contributed by atoms with van der Waals surface area (Å²) in [4.78, 5) is 2.28. The first-order chi connectivity index (χ1) is 6.31. The number of hydrogen-bond donors (Lipinski definition) is 2. The Kier molecular flexibility index (Phi) is 2.69. The van der Waals surface area contributed by atoms with Gasteiger partial charge in [-0.25, -0.2) is 5.43 Å². The lowest BCUT2D eigenvalue weighted by molar-refractivity contribution is -0.420. The van der Waals surface area contributed by atoms with Crippen molar-refractivity contribution >= 4 is 17.3 Å². The molecule has 3 nitrogen and oxygen atoms in total. The molecule has 0 amide bonds. The van der Waals surface area contributed by atoms with Crippen molar-refractivity contribution in [3.8, 4) is 0 Å². The molecule has 1 aliphatic carbocycles. The molecule has 1 heterocycles. The number of likely N-dealkylation sites (tertiary alicyclic amines) is 1. The van der Waals surface area contributed by atoms with Crippen molar-refractivity contribution in [2.45, 2.75) is 25.7 Å². The van der Waals surface area contributed by atoms with Crippen LogP contribution in [0.15, 0.2) is 0 Å². The Morgan fingerprint density at radius 3 is 2.23 bits per heavy atom. The van der Waals surface area contributed by atoms with Crippen LogP contribution in [0.4, 0.5) is 0 Å². The zero-order chi connectivity index (χ0) is 9.26. The van der Waals surface area contributed by atoms with Gasteiger partial charge in [-0.15, -0.1) is 0 Å². The van der Waals surface area contributed by atoms with Gasteiger partial charge in [0, 0.05) is 13.1 Å². The van der Waals surface area contributed by atoms with Crippen LogP contribution in [0.1, 0.15) is 25.7 Å². The summed E-state index contributed by atoms with van der Waals surface area (Å²) < 4.78 is 0. The predicted octanol–water partition coefficient (Wildman–Crippen LogP) is 0.140. The zero-order valence-corrected chi connectivity index (χ0v) is 8.78. The first-order valence-corrected chi connectivity index (χ1v) is 5.54. The molecule has 0 aromatic carbocycles. The normalized spacial score (nSPS) is 32.8. The lowest BCUT2D eigenvalue weighted by Crippen LogP contribution is -2.69. The Labute approximate surface area is 84.6 Å². The molecule has 1 saturated carbocycles. The van der Waals surface area contributed by atoms with E-state index in [2.05, 4.69) is 16.2 Å². The van der Waals surface area contributed by atoms with Gasteiger partial charge in [0.1, 0.15) is 0 Å². The van der Waals surface area contributed by atoms with E-state index >= 15 is 0 Å². The summed E-state index contributed by atoms with van der Waals surface area (Å²) in [6.45, 7) is 2.32. The second-order valence-electron chi connectivity index (χ2n) is 4.19. The van der Waals surface area contributed by atoms with E-state index in [1.165, 1.54) is 25.7 Å². The molecule has 2 rings (SSSR count). The average Bonchev–Trinajstić information content (AvgIpc) is 2.59. The van der Waals surface area contributed by atoms with Gasteiger partial charge in [0.2, 0.25) is 5.11 Å². The van der Waals surface area contributed by atoms with Crippen LogP contribution in [-0.2, 0) is 0 Å². The number of quaternary nitrogens is 1. The molecule has 2 unspecified atom stereocenters. The lowest BCUT2D eigenvalue weighted by atomic mass is 9.82. The van der Waals surface area contributed by atoms with Crippen LogP contribution in [0, 0.1) is 11.8 Å². The van der Waals surface area contributed by atoms with Crippen LogP contribution in [0.5, 0.6) is 0 Å². The quantitative estimate of drug-likeness (QED) is 0.432. The molecule has 0 bridgehead atoms. The van der Waals surface area contributed by atoms with Gasteiger partial charge in [0.25, 0.3) is 0 Å². The predicted molar refractivity (Wildman–Crippen MR) is 55.6 cm³/mol. The van der Waals surface area contributed by atoms with E-state index < -0.39 is 0 Å². The summed E-state index contributed by atoms with van der Waals surface area (Å²) in [5.74, 6) is 5.42. The molecule has 13 heavy (non-hydrogen) atoms. The third-order valence-corrected chi connectivity index (χ3v) is 3.82. The van der Waals surface area contributed by atoms with E-state index in [9.17, 15) is 0 Å². The molecule has 0 aromatic heterocycles. The highest BCUT2D eigenvalue weighted by atomic mass is 32.1. The third kappa shape index (κ3) is 1.79. The average molecular weight is 200 g/mol. The summed E-state index contributed by atoms with van der Waals surface area (Å²) >= 11 is 5.19.